The molecule has 0 saturated carbocycles. The first-order chi connectivity index (χ1) is 12.9. The van der Waals surface area contributed by atoms with Crippen LogP contribution in [0.4, 0.5) is 5.69 Å². The normalized spacial score (nSPS) is 11.6. The van der Waals surface area contributed by atoms with Gasteiger partial charge in [0.05, 0.1) is 4.92 Å². The van der Waals surface area contributed by atoms with Crippen LogP contribution in [0.5, 0.6) is 5.75 Å². The minimum absolute atomic E-state index is 0. The minimum atomic E-state index is -0.723. The third kappa shape index (κ3) is 4.50. The molecule has 6 nitrogen and oxygen atoms in total. The van der Waals surface area contributed by atoms with Crippen molar-refractivity contribution in [1.82, 2.24) is 0 Å². The zero-order valence-electron chi connectivity index (χ0n) is 15.5. The summed E-state index contributed by atoms with van der Waals surface area (Å²) in [6, 6.07) is 12.5. The zero-order valence-corrected chi connectivity index (χ0v) is 18.3. The molecule has 0 amide bonds. The van der Waals surface area contributed by atoms with Crippen LogP contribution in [-0.2, 0) is 4.79 Å². The van der Waals surface area contributed by atoms with E-state index in [1.165, 1.54) is 24.3 Å². The van der Waals surface area contributed by atoms with E-state index in [1.807, 2.05) is 0 Å². The van der Waals surface area contributed by atoms with E-state index < -0.39 is 10.8 Å². The molecule has 3 aromatic rings. The van der Waals surface area contributed by atoms with Gasteiger partial charge in [-0.15, -0.1) is 0 Å². The molecule has 0 aliphatic rings. The third-order valence-corrected chi connectivity index (χ3v) is 5.46. The number of ketones is 1. The van der Waals surface area contributed by atoms with E-state index in [-0.39, 0.29) is 69.9 Å². The van der Waals surface area contributed by atoms with Gasteiger partial charge in [0.15, 0.2) is 0 Å². The Morgan fingerprint density at radius 1 is 1.14 bits per heavy atom. The molecule has 1 unspecified atom stereocenters. The van der Waals surface area contributed by atoms with Gasteiger partial charge >= 0.3 is 29.6 Å². The molecule has 1 atom stereocenters. The maximum absolute atomic E-state index is 13.0. The van der Waals surface area contributed by atoms with Crippen molar-refractivity contribution in [3.05, 3.63) is 79.3 Å². The summed E-state index contributed by atoms with van der Waals surface area (Å²) < 4.78 is 0.214. The Morgan fingerprint density at radius 2 is 1.79 bits per heavy atom. The Labute approximate surface area is 187 Å². The molecule has 0 saturated heterocycles. The second-order valence-corrected chi connectivity index (χ2v) is 7.14. The molecular weight excluding hydrogens is 389 g/mol. The number of non-ortho nitro benzene ring substituents is 1. The first-order valence-corrected chi connectivity index (χ1v) is 9.22. The first-order valence-electron chi connectivity index (χ1n) is 8.41. The van der Waals surface area contributed by atoms with Gasteiger partial charge in [-0.2, -0.15) is 0 Å². The standard InChI is InChI=1S/C20H17NO5S.Na/c1-2-14(22)11-16(12-7-9-13(10-8-12)21(25)26)18-19(23)15-5-3-4-6-17(15)27-20(18)24;/h3-10,16,23H,2,11H2,1H3;/q;+1/p-1. The fourth-order valence-electron chi connectivity index (χ4n) is 3.02. The van der Waals surface area contributed by atoms with Crippen LogP contribution in [0.15, 0.2) is 53.3 Å². The van der Waals surface area contributed by atoms with E-state index >= 15 is 0 Å². The van der Waals surface area contributed by atoms with Crippen molar-refractivity contribution in [2.75, 3.05) is 0 Å². The van der Waals surface area contributed by atoms with Crippen LogP contribution in [0.1, 0.15) is 36.8 Å². The summed E-state index contributed by atoms with van der Waals surface area (Å²) in [5, 5.41) is 24.3. The molecule has 0 aliphatic carbocycles. The molecule has 28 heavy (non-hydrogen) atoms. The van der Waals surface area contributed by atoms with E-state index in [0.717, 1.165) is 11.3 Å². The van der Waals surface area contributed by atoms with Gasteiger partial charge in [-0.1, -0.05) is 54.3 Å². The van der Waals surface area contributed by atoms with Gasteiger partial charge in [0, 0.05) is 41.2 Å². The summed E-state index contributed by atoms with van der Waals surface area (Å²) in [6.45, 7) is 1.72. The van der Waals surface area contributed by atoms with Gasteiger partial charge in [0.2, 0.25) is 4.74 Å². The molecular formula is C20H16NNaO5S. The molecule has 0 N–H and O–H groups in total. The molecule has 0 aliphatic heterocycles. The second kappa shape index (κ2) is 9.43. The van der Waals surface area contributed by atoms with Crippen molar-refractivity contribution < 1.29 is 44.4 Å². The summed E-state index contributed by atoms with van der Waals surface area (Å²) in [5.41, 5.74) is 0.499. The second-order valence-electron chi connectivity index (χ2n) is 6.13. The maximum atomic E-state index is 13.0. The Balaban J connectivity index is 0.00000280. The van der Waals surface area contributed by atoms with Crippen molar-refractivity contribution in [1.29, 1.82) is 0 Å². The molecule has 138 valence electrons. The Bertz CT molecular complexity index is 1080. The van der Waals surface area contributed by atoms with Gasteiger partial charge in [-0.25, -0.2) is 0 Å². The monoisotopic (exact) mass is 405 g/mol. The number of Topliss-reactive ketones (excluding diaryl/α,β-unsaturated/α-hetero) is 1. The number of benzene rings is 2. The summed E-state index contributed by atoms with van der Waals surface area (Å²) in [7, 11) is 0. The first kappa shape index (κ1) is 22.2. The minimum Gasteiger partial charge on any atom is -0.872 e. The van der Waals surface area contributed by atoms with E-state index in [0.29, 0.717) is 15.6 Å². The number of hydrogen-bond acceptors (Lipinski definition) is 6. The number of carbonyl (C=O) groups excluding carboxylic acids is 1. The number of nitrogens with zero attached hydrogens (tertiary/aromatic N) is 1. The van der Waals surface area contributed by atoms with Crippen molar-refractivity contribution in [3.63, 3.8) is 0 Å². The van der Waals surface area contributed by atoms with Crippen LogP contribution in [0.3, 0.4) is 0 Å². The van der Waals surface area contributed by atoms with E-state index in [4.69, 9.17) is 0 Å². The van der Waals surface area contributed by atoms with E-state index in [1.54, 1.807) is 31.2 Å². The maximum Gasteiger partial charge on any atom is 1.00 e. The van der Waals surface area contributed by atoms with E-state index in [9.17, 15) is 24.8 Å². The number of fused-ring (bicyclic) bond motifs is 1. The number of hydrogen-bond donors (Lipinski definition) is 0. The van der Waals surface area contributed by atoms with Crippen molar-refractivity contribution >= 4 is 32.9 Å². The average molecular weight is 405 g/mol. The number of nitro benzene ring substituents is 1. The predicted molar refractivity (Wildman–Crippen MR) is 102 cm³/mol. The Kier molecular flexibility index (Phi) is 7.48. The molecule has 0 spiro atoms. The molecule has 0 radical (unpaired) electrons. The SMILES string of the molecule is CCC(=O)CC(c1ccc([N+](=O)[O-])cc1)c1c([O-])c2ccccc2sc1=O.[Na+]. The van der Waals surface area contributed by atoms with Crippen LogP contribution in [-0.4, -0.2) is 10.7 Å². The molecule has 8 heteroatoms. The quantitative estimate of drug-likeness (QED) is 0.342. The number of rotatable bonds is 6. The van der Waals surface area contributed by atoms with Gasteiger partial charge < -0.3 is 5.11 Å². The molecule has 0 bridgehead atoms. The van der Waals surface area contributed by atoms with Crippen molar-refractivity contribution in [2.45, 2.75) is 25.7 Å². The van der Waals surface area contributed by atoms with Gasteiger partial charge in [0.25, 0.3) is 5.69 Å². The molecule has 1 aromatic heterocycles. The van der Waals surface area contributed by atoms with Crippen LogP contribution >= 0.6 is 11.3 Å². The fraction of sp³-hybridized carbons (Fsp3) is 0.200. The molecule has 2 aromatic carbocycles. The fourth-order valence-corrected chi connectivity index (χ4v) is 3.99. The van der Waals surface area contributed by atoms with Crippen LogP contribution in [0.2, 0.25) is 0 Å². The molecule has 0 fully saturated rings. The van der Waals surface area contributed by atoms with Crippen molar-refractivity contribution in [3.8, 4) is 5.75 Å². The van der Waals surface area contributed by atoms with E-state index in [2.05, 4.69) is 0 Å². The number of carbonyl (C=O) groups is 1. The van der Waals surface area contributed by atoms with Gasteiger partial charge in [-0.05, 0) is 17.0 Å². The predicted octanol–water partition coefficient (Wildman–Crippen LogP) is 0.748. The average Bonchev–Trinajstić information content (AvgIpc) is 2.67. The largest absolute Gasteiger partial charge is 1.00 e. The van der Waals surface area contributed by atoms with Crippen LogP contribution in [0.25, 0.3) is 10.1 Å². The van der Waals surface area contributed by atoms with Gasteiger partial charge in [-0.3, -0.25) is 19.7 Å². The summed E-state index contributed by atoms with van der Waals surface area (Å²) in [5.74, 6) is -1.20. The van der Waals surface area contributed by atoms with Crippen LogP contribution < -0.4 is 39.4 Å². The molecule has 3 rings (SSSR count). The topological polar surface area (TPSA) is 100 Å². The zero-order chi connectivity index (χ0) is 19.6. The smallest absolute Gasteiger partial charge is 0.872 e. The molecule has 1 heterocycles. The third-order valence-electron chi connectivity index (χ3n) is 4.48. The summed E-state index contributed by atoms with van der Waals surface area (Å²) in [6.07, 6.45) is 0.284. The van der Waals surface area contributed by atoms with Gasteiger partial charge in [0.1, 0.15) is 5.78 Å². The van der Waals surface area contributed by atoms with Crippen LogP contribution in [0, 0.1) is 10.1 Å². The Hall–Kier alpha value is -2.06. The van der Waals surface area contributed by atoms with Crippen molar-refractivity contribution in [2.24, 2.45) is 0 Å². The Morgan fingerprint density at radius 3 is 2.39 bits per heavy atom. The summed E-state index contributed by atoms with van der Waals surface area (Å²) in [4.78, 5) is 35.2. The summed E-state index contributed by atoms with van der Waals surface area (Å²) >= 11 is 0.973. The number of nitro groups is 1.